The second-order valence-corrected chi connectivity index (χ2v) is 5.23. The topological polar surface area (TPSA) is 46.3 Å². The van der Waals surface area contributed by atoms with E-state index in [0.29, 0.717) is 18.5 Å². The van der Waals surface area contributed by atoms with Crippen molar-refractivity contribution < 1.29 is 4.79 Å². The second kappa shape index (κ2) is 5.53. The molecule has 0 aliphatic heterocycles. The van der Waals surface area contributed by atoms with Gasteiger partial charge in [0.25, 0.3) is 5.91 Å². The van der Waals surface area contributed by atoms with Crippen LogP contribution in [0.5, 0.6) is 0 Å². The van der Waals surface area contributed by atoms with E-state index in [-0.39, 0.29) is 5.91 Å². The third kappa shape index (κ3) is 2.41. The number of hydrogen-bond acceptors (Lipinski definition) is 2. The van der Waals surface area contributed by atoms with Gasteiger partial charge in [0.05, 0.1) is 0 Å². The molecule has 2 atom stereocenters. The Balaban J connectivity index is 2.16. The molecule has 0 bridgehead atoms. The van der Waals surface area contributed by atoms with Crippen LogP contribution in [0.25, 0.3) is 0 Å². The van der Waals surface area contributed by atoms with Crippen molar-refractivity contribution in [1.29, 1.82) is 0 Å². The van der Waals surface area contributed by atoms with E-state index in [2.05, 4.69) is 0 Å². The van der Waals surface area contributed by atoms with Crippen molar-refractivity contribution in [3.05, 3.63) is 35.4 Å². The van der Waals surface area contributed by atoms with Crippen LogP contribution in [0.4, 0.5) is 0 Å². The van der Waals surface area contributed by atoms with Gasteiger partial charge in [0, 0.05) is 18.7 Å². The quantitative estimate of drug-likeness (QED) is 0.888. The SMILES string of the molecule is Cc1ccccc1C(=O)N(C)C1CCCC1CN. The van der Waals surface area contributed by atoms with Crippen LogP contribution in [0, 0.1) is 12.8 Å². The van der Waals surface area contributed by atoms with E-state index in [1.165, 1.54) is 6.42 Å². The molecule has 18 heavy (non-hydrogen) atoms. The number of hydrogen-bond donors (Lipinski definition) is 1. The summed E-state index contributed by atoms with van der Waals surface area (Å²) in [6, 6.07) is 8.08. The van der Waals surface area contributed by atoms with Gasteiger partial charge in [-0.25, -0.2) is 0 Å². The van der Waals surface area contributed by atoms with Gasteiger partial charge in [0.1, 0.15) is 0 Å². The van der Waals surface area contributed by atoms with E-state index in [1.54, 1.807) is 0 Å². The Bertz CT molecular complexity index is 430. The monoisotopic (exact) mass is 246 g/mol. The van der Waals surface area contributed by atoms with Gasteiger partial charge in [0.15, 0.2) is 0 Å². The number of carbonyl (C=O) groups is 1. The molecule has 2 unspecified atom stereocenters. The van der Waals surface area contributed by atoms with E-state index >= 15 is 0 Å². The third-order valence-corrected chi connectivity index (χ3v) is 4.11. The van der Waals surface area contributed by atoms with Crippen molar-refractivity contribution in [2.24, 2.45) is 11.7 Å². The Labute approximate surface area is 109 Å². The zero-order valence-electron chi connectivity index (χ0n) is 11.2. The number of carbonyl (C=O) groups excluding carboxylic acids is 1. The van der Waals surface area contributed by atoms with Crippen LogP contribution in [-0.2, 0) is 0 Å². The van der Waals surface area contributed by atoms with Gasteiger partial charge in [-0.05, 0) is 43.9 Å². The standard InChI is InChI=1S/C15H22N2O/c1-11-6-3-4-8-13(11)15(18)17(2)14-9-5-7-12(14)10-16/h3-4,6,8,12,14H,5,7,9-10,16H2,1-2H3. The van der Waals surface area contributed by atoms with Gasteiger partial charge in [-0.1, -0.05) is 24.6 Å². The molecule has 3 heteroatoms. The molecule has 0 aromatic heterocycles. The number of aryl methyl sites for hydroxylation is 1. The van der Waals surface area contributed by atoms with Crippen LogP contribution in [0.1, 0.15) is 35.2 Å². The molecule has 1 aliphatic carbocycles. The van der Waals surface area contributed by atoms with E-state index < -0.39 is 0 Å². The molecular weight excluding hydrogens is 224 g/mol. The summed E-state index contributed by atoms with van der Waals surface area (Å²) < 4.78 is 0. The fourth-order valence-corrected chi connectivity index (χ4v) is 2.96. The molecular formula is C15H22N2O. The fraction of sp³-hybridized carbons (Fsp3) is 0.533. The van der Waals surface area contributed by atoms with Crippen LogP contribution in [0.3, 0.4) is 0 Å². The lowest BCUT2D eigenvalue weighted by atomic mass is 10.0. The predicted octanol–water partition coefficient (Wildman–Crippen LogP) is 2.19. The first kappa shape index (κ1) is 13.1. The average Bonchev–Trinajstić information content (AvgIpc) is 2.86. The molecule has 0 saturated heterocycles. The lowest BCUT2D eigenvalue weighted by Crippen LogP contribution is -2.41. The van der Waals surface area contributed by atoms with Crippen molar-refractivity contribution in [3.8, 4) is 0 Å². The molecule has 1 amide bonds. The first-order valence-electron chi connectivity index (χ1n) is 6.68. The highest BCUT2D eigenvalue weighted by atomic mass is 16.2. The summed E-state index contributed by atoms with van der Waals surface area (Å²) in [5, 5.41) is 0. The van der Waals surface area contributed by atoms with Crippen molar-refractivity contribution in [2.75, 3.05) is 13.6 Å². The molecule has 2 rings (SSSR count). The van der Waals surface area contributed by atoms with Crippen LogP contribution in [0.15, 0.2) is 24.3 Å². The first-order chi connectivity index (χ1) is 8.65. The maximum atomic E-state index is 12.5. The largest absolute Gasteiger partial charge is 0.338 e. The number of benzene rings is 1. The summed E-state index contributed by atoms with van der Waals surface area (Å²) in [6.45, 7) is 2.66. The van der Waals surface area contributed by atoms with Crippen molar-refractivity contribution in [2.45, 2.75) is 32.2 Å². The van der Waals surface area contributed by atoms with E-state index in [1.807, 2.05) is 43.1 Å². The summed E-state index contributed by atoms with van der Waals surface area (Å²) >= 11 is 0. The van der Waals surface area contributed by atoms with E-state index in [9.17, 15) is 4.79 Å². The second-order valence-electron chi connectivity index (χ2n) is 5.23. The number of nitrogens with two attached hydrogens (primary N) is 1. The Morgan fingerprint density at radius 2 is 2.11 bits per heavy atom. The molecule has 1 aromatic rings. The zero-order valence-corrected chi connectivity index (χ0v) is 11.2. The molecule has 1 aromatic carbocycles. The van der Waals surface area contributed by atoms with Gasteiger partial charge in [-0.15, -0.1) is 0 Å². The van der Waals surface area contributed by atoms with Gasteiger partial charge in [-0.3, -0.25) is 4.79 Å². The van der Waals surface area contributed by atoms with E-state index in [4.69, 9.17) is 5.73 Å². The molecule has 1 aliphatic rings. The fourth-order valence-electron chi connectivity index (χ4n) is 2.96. The molecule has 98 valence electrons. The van der Waals surface area contributed by atoms with E-state index in [0.717, 1.165) is 24.0 Å². The summed E-state index contributed by atoms with van der Waals surface area (Å²) in [5.41, 5.74) is 7.64. The molecule has 0 spiro atoms. The van der Waals surface area contributed by atoms with Gasteiger partial charge >= 0.3 is 0 Å². The molecule has 0 radical (unpaired) electrons. The van der Waals surface area contributed by atoms with Crippen molar-refractivity contribution in [1.82, 2.24) is 4.90 Å². The lowest BCUT2D eigenvalue weighted by Gasteiger charge is -2.29. The Kier molecular flexibility index (Phi) is 4.02. The first-order valence-corrected chi connectivity index (χ1v) is 6.68. The molecule has 1 fully saturated rings. The molecule has 2 N–H and O–H groups in total. The number of rotatable bonds is 3. The average molecular weight is 246 g/mol. The summed E-state index contributed by atoms with van der Waals surface area (Å²) in [7, 11) is 1.91. The Morgan fingerprint density at radius 1 is 1.39 bits per heavy atom. The highest BCUT2D eigenvalue weighted by Gasteiger charge is 2.32. The highest BCUT2D eigenvalue weighted by Crippen LogP contribution is 2.29. The smallest absolute Gasteiger partial charge is 0.254 e. The maximum absolute atomic E-state index is 12.5. The van der Waals surface area contributed by atoms with Crippen LogP contribution >= 0.6 is 0 Å². The Hall–Kier alpha value is -1.35. The highest BCUT2D eigenvalue weighted by molar-refractivity contribution is 5.95. The number of nitrogens with zero attached hydrogens (tertiary/aromatic N) is 1. The minimum Gasteiger partial charge on any atom is -0.338 e. The van der Waals surface area contributed by atoms with Gasteiger partial charge < -0.3 is 10.6 Å². The molecule has 1 saturated carbocycles. The maximum Gasteiger partial charge on any atom is 0.254 e. The zero-order chi connectivity index (χ0) is 13.1. The van der Waals surface area contributed by atoms with Crippen LogP contribution in [0.2, 0.25) is 0 Å². The minimum atomic E-state index is 0.124. The van der Waals surface area contributed by atoms with Crippen molar-refractivity contribution >= 4 is 5.91 Å². The summed E-state index contributed by atoms with van der Waals surface area (Å²) in [6.07, 6.45) is 3.40. The minimum absolute atomic E-state index is 0.124. The summed E-state index contributed by atoms with van der Waals surface area (Å²) in [5.74, 6) is 0.585. The third-order valence-electron chi connectivity index (χ3n) is 4.11. The van der Waals surface area contributed by atoms with Gasteiger partial charge in [0.2, 0.25) is 0 Å². The number of amides is 1. The predicted molar refractivity (Wildman–Crippen MR) is 73.5 cm³/mol. The molecule has 3 nitrogen and oxygen atoms in total. The normalized spacial score (nSPS) is 23.1. The molecule has 0 heterocycles. The van der Waals surface area contributed by atoms with Crippen LogP contribution < -0.4 is 5.73 Å². The van der Waals surface area contributed by atoms with Crippen molar-refractivity contribution in [3.63, 3.8) is 0 Å². The van der Waals surface area contributed by atoms with Gasteiger partial charge in [-0.2, -0.15) is 0 Å². The Morgan fingerprint density at radius 3 is 2.78 bits per heavy atom. The van der Waals surface area contributed by atoms with Crippen LogP contribution in [-0.4, -0.2) is 30.4 Å². The lowest BCUT2D eigenvalue weighted by molar-refractivity contribution is 0.0699. The summed E-state index contributed by atoms with van der Waals surface area (Å²) in [4.78, 5) is 14.4.